The van der Waals surface area contributed by atoms with Crippen molar-refractivity contribution in [2.24, 2.45) is 5.92 Å². The summed E-state index contributed by atoms with van der Waals surface area (Å²) in [6.07, 6.45) is 4.33. The molecule has 3 N–H and O–H groups in total. The fourth-order valence-corrected chi connectivity index (χ4v) is 4.52. The van der Waals surface area contributed by atoms with Crippen LogP contribution >= 0.6 is 0 Å². The Morgan fingerprint density at radius 2 is 2.00 bits per heavy atom. The highest BCUT2D eigenvalue weighted by Gasteiger charge is 2.34. The quantitative estimate of drug-likeness (QED) is 0.769. The predicted octanol–water partition coefficient (Wildman–Crippen LogP) is 1.64. The van der Waals surface area contributed by atoms with Crippen molar-refractivity contribution >= 4 is 10.0 Å². The van der Waals surface area contributed by atoms with Crippen LogP contribution in [0.3, 0.4) is 0 Å². The monoisotopic (exact) mass is 315 g/mol. The first-order valence-electron chi connectivity index (χ1n) is 7.51. The second-order valence-electron chi connectivity index (χ2n) is 6.16. The van der Waals surface area contributed by atoms with Gasteiger partial charge in [0.2, 0.25) is 10.0 Å². The molecule has 1 aromatic heterocycles. The first-order chi connectivity index (χ1) is 9.77. The zero-order chi connectivity index (χ0) is 15.7. The molecule has 120 valence electrons. The van der Waals surface area contributed by atoms with Crippen molar-refractivity contribution in [3.63, 3.8) is 0 Å². The van der Waals surface area contributed by atoms with Gasteiger partial charge in [0.15, 0.2) is 0 Å². The summed E-state index contributed by atoms with van der Waals surface area (Å²) in [5, 5.41) is 17.1. The molecule has 0 aromatic carbocycles. The second-order valence-corrected chi connectivity index (χ2v) is 7.87. The normalized spacial score (nSPS) is 27.0. The maximum absolute atomic E-state index is 12.4. The molecule has 1 aliphatic rings. The van der Waals surface area contributed by atoms with Gasteiger partial charge in [-0.2, -0.15) is 5.10 Å². The molecule has 1 aliphatic carbocycles. The van der Waals surface area contributed by atoms with Crippen LogP contribution in [0, 0.1) is 19.8 Å². The Bertz CT molecular complexity index is 567. The van der Waals surface area contributed by atoms with E-state index in [-0.39, 0.29) is 11.4 Å². The number of hydrogen-bond acceptors (Lipinski definition) is 4. The van der Waals surface area contributed by atoms with Gasteiger partial charge in [-0.15, -0.1) is 0 Å². The van der Waals surface area contributed by atoms with Crippen LogP contribution in [-0.4, -0.2) is 35.9 Å². The molecule has 0 unspecified atom stereocenters. The third kappa shape index (κ3) is 3.64. The molecule has 0 bridgehead atoms. The molecule has 0 atom stereocenters. The van der Waals surface area contributed by atoms with E-state index in [2.05, 4.69) is 21.8 Å². The van der Waals surface area contributed by atoms with Crippen LogP contribution < -0.4 is 4.72 Å². The van der Waals surface area contributed by atoms with Crippen molar-refractivity contribution < 1.29 is 13.5 Å². The number of nitrogens with zero attached hydrogens (tertiary/aromatic N) is 1. The minimum Gasteiger partial charge on any atom is -0.389 e. The Morgan fingerprint density at radius 3 is 2.48 bits per heavy atom. The molecule has 1 saturated carbocycles. The molecular formula is C14H25N3O3S. The average molecular weight is 315 g/mol. The van der Waals surface area contributed by atoms with E-state index in [1.165, 1.54) is 0 Å². The van der Waals surface area contributed by atoms with Gasteiger partial charge in [-0.25, -0.2) is 13.1 Å². The minimum absolute atomic E-state index is 0.0653. The van der Waals surface area contributed by atoms with Gasteiger partial charge in [0, 0.05) is 6.54 Å². The molecule has 7 heteroatoms. The van der Waals surface area contributed by atoms with E-state index in [1.54, 1.807) is 13.8 Å². The van der Waals surface area contributed by atoms with Crippen LogP contribution in [0.25, 0.3) is 0 Å². The fourth-order valence-electron chi connectivity index (χ4n) is 3.04. The fraction of sp³-hybridized carbons (Fsp3) is 0.786. The van der Waals surface area contributed by atoms with E-state index in [0.29, 0.717) is 30.1 Å². The van der Waals surface area contributed by atoms with Crippen molar-refractivity contribution in [2.45, 2.75) is 63.4 Å². The lowest BCUT2D eigenvalue weighted by Crippen LogP contribution is -2.45. The van der Waals surface area contributed by atoms with Crippen molar-refractivity contribution in [2.75, 3.05) is 6.54 Å². The van der Waals surface area contributed by atoms with Gasteiger partial charge >= 0.3 is 0 Å². The average Bonchev–Trinajstić information content (AvgIpc) is 2.78. The Labute approximate surface area is 126 Å². The predicted molar refractivity (Wildman–Crippen MR) is 80.4 cm³/mol. The maximum Gasteiger partial charge on any atom is 0.244 e. The van der Waals surface area contributed by atoms with Crippen LogP contribution in [-0.2, 0) is 10.0 Å². The number of aromatic nitrogens is 2. The zero-order valence-electron chi connectivity index (χ0n) is 12.9. The van der Waals surface area contributed by atoms with Gasteiger partial charge in [-0.3, -0.25) is 5.10 Å². The topological polar surface area (TPSA) is 95.1 Å². The van der Waals surface area contributed by atoms with E-state index in [9.17, 15) is 13.5 Å². The summed E-state index contributed by atoms with van der Waals surface area (Å²) in [6.45, 7) is 5.55. The van der Waals surface area contributed by atoms with Crippen LogP contribution in [0.2, 0.25) is 0 Å². The second kappa shape index (κ2) is 6.06. The highest BCUT2D eigenvalue weighted by atomic mass is 32.2. The van der Waals surface area contributed by atoms with E-state index < -0.39 is 15.6 Å². The summed E-state index contributed by atoms with van der Waals surface area (Å²) in [5.74, 6) is 0.653. The molecular weight excluding hydrogens is 290 g/mol. The first kappa shape index (κ1) is 16.5. The number of rotatable bonds is 5. The molecule has 1 fully saturated rings. The summed E-state index contributed by atoms with van der Waals surface area (Å²) < 4.78 is 27.3. The molecule has 6 nitrogen and oxygen atoms in total. The van der Waals surface area contributed by atoms with Crippen molar-refractivity contribution in [3.05, 3.63) is 11.4 Å². The van der Waals surface area contributed by atoms with E-state index >= 15 is 0 Å². The number of hydrogen-bond donors (Lipinski definition) is 3. The molecule has 0 spiro atoms. The lowest BCUT2D eigenvalue weighted by atomic mass is 9.78. The van der Waals surface area contributed by atoms with E-state index in [4.69, 9.17) is 0 Å². The number of aromatic amines is 1. The van der Waals surface area contributed by atoms with Gasteiger partial charge in [0.25, 0.3) is 0 Å². The summed E-state index contributed by atoms with van der Waals surface area (Å²) >= 11 is 0. The van der Waals surface area contributed by atoms with Gasteiger partial charge in [-0.1, -0.05) is 13.3 Å². The molecule has 0 aliphatic heterocycles. The van der Waals surface area contributed by atoms with Crippen molar-refractivity contribution in [1.82, 2.24) is 14.9 Å². The highest BCUT2D eigenvalue weighted by molar-refractivity contribution is 7.89. The molecule has 0 amide bonds. The van der Waals surface area contributed by atoms with E-state index in [1.807, 2.05) is 0 Å². The number of nitrogens with one attached hydrogen (secondary N) is 2. The maximum atomic E-state index is 12.4. The smallest absolute Gasteiger partial charge is 0.244 e. The molecule has 0 radical (unpaired) electrons. The lowest BCUT2D eigenvalue weighted by Gasteiger charge is -2.35. The standard InChI is InChI=1S/C14H25N3O3S/c1-4-12-5-7-14(18,8-6-12)9-15-21(19,20)13-10(2)16-17-11(13)3/h12,15,18H,4-9H2,1-3H3,(H,16,17). The van der Waals surface area contributed by atoms with Crippen LogP contribution in [0.5, 0.6) is 0 Å². The minimum atomic E-state index is -3.64. The van der Waals surface area contributed by atoms with Gasteiger partial charge in [0.05, 0.1) is 17.0 Å². The summed E-state index contributed by atoms with van der Waals surface area (Å²) in [6, 6.07) is 0. The van der Waals surface area contributed by atoms with Gasteiger partial charge < -0.3 is 5.11 Å². The summed E-state index contributed by atoms with van der Waals surface area (Å²) in [7, 11) is -3.64. The molecule has 21 heavy (non-hydrogen) atoms. The Morgan fingerprint density at radius 1 is 1.38 bits per heavy atom. The van der Waals surface area contributed by atoms with Crippen LogP contribution in [0.1, 0.15) is 50.4 Å². The van der Waals surface area contributed by atoms with Crippen molar-refractivity contribution in [1.29, 1.82) is 0 Å². The van der Waals surface area contributed by atoms with E-state index in [0.717, 1.165) is 19.3 Å². The lowest BCUT2D eigenvalue weighted by molar-refractivity contribution is -0.00443. The van der Waals surface area contributed by atoms with Crippen LogP contribution in [0.4, 0.5) is 0 Å². The summed E-state index contributed by atoms with van der Waals surface area (Å²) in [5.41, 5.74) is 0.0351. The first-order valence-corrected chi connectivity index (χ1v) is 8.99. The van der Waals surface area contributed by atoms with Crippen LogP contribution in [0.15, 0.2) is 4.90 Å². The van der Waals surface area contributed by atoms with Gasteiger partial charge in [-0.05, 0) is 45.4 Å². The SMILES string of the molecule is CCC1CCC(O)(CNS(=O)(=O)c2c(C)n[nH]c2C)CC1. The third-order valence-electron chi connectivity index (χ3n) is 4.53. The Hall–Kier alpha value is -0.920. The largest absolute Gasteiger partial charge is 0.389 e. The highest BCUT2D eigenvalue weighted by Crippen LogP contribution is 2.33. The third-order valence-corrected chi connectivity index (χ3v) is 6.20. The molecule has 0 saturated heterocycles. The molecule has 2 rings (SSSR count). The number of sulfonamides is 1. The number of H-pyrrole nitrogens is 1. The molecule has 1 heterocycles. The zero-order valence-corrected chi connectivity index (χ0v) is 13.8. The Balaban J connectivity index is 2.03. The number of aliphatic hydroxyl groups is 1. The Kier molecular flexibility index (Phi) is 4.75. The summed E-state index contributed by atoms with van der Waals surface area (Å²) in [4.78, 5) is 0.188. The van der Waals surface area contributed by atoms with Crippen molar-refractivity contribution in [3.8, 4) is 0 Å². The van der Waals surface area contributed by atoms with Gasteiger partial charge in [0.1, 0.15) is 4.90 Å². The molecule has 1 aromatic rings. The number of aryl methyl sites for hydroxylation is 2.